The van der Waals surface area contributed by atoms with E-state index in [0.29, 0.717) is 26.0 Å². The maximum atomic E-state index is 13.8. The van der Waals surface area contributed by atoms with Crippen molar-refractivity contribution in [3.63, 3.8) is 0 Å². The minimum absolute atomic E-state index is 0.0878. The molecule has 1 heterocycles. The Morgan fingerprint density at radius 2 is 1.77 bits per heavy atom. The van der Waals surface area contributed by atoms with Crippen LogP contribution in [-0.4, -0.2) is 44.9 Å². The summed E-state index contributed by atoms with van der Waals surface area (Å²) in [6, 6.07) is 11.9. The third-order valence-electron chi connectivity index (χ3n) is 5.38. The molecule has 2 aromatic rings. The Morgan fingerprint density at radius 3 is 2.42 bits per heavy atom. The molecule has 0 spiro atoms. The maximum absolute atomic E-state index is 13.8. The van der Waals surface area contributed by atoms with Crippen molar-refractivity contribution in [2.45, 2.75) is 32.4 Å². The molecule has 0 radical (unpaired) electrons. The third-order valence-corrected chi connectivity index (χ3v) is 7.21. The van der Waals surface area contributed by atoms with Crippen molar-refractivity contribution in [2.24, 2.45) is 5.92 Å². The fourth-order valence-electron chi connectivity index (χ4n) is 3.80. The molecule has 31 heavy (non-hydrogen) atoms. The van der Waals surface area contributed by atoms with Crippen molar-refractivity contribution in [3.8, 4) is 5.75 Å². The lowest BCUT2D eigenvalue weighted by Crippen LogP contribution is -2.44. The number of nitrogens with one attached hydrogen (secondary N) is 1. The van der Waals surface area contributed by atoms with Crippen LogP contribution >= 0.6 is 0 Å². The van der Waals surface area contributed by atoms with Crippen LogP contribution in [0.15, 0.2) is 42.5 Å². The molecule has 6 nitrogen and oxygen atoms in total. The highest BCUT2D eigenvalue weighted by molar-refractivity contribution is 7.88. The second kappa shape index (κ2) is 10.2. The fraction of sp³-hybridized carbons (Fsp3) is 0.435. The van der Waals surface area contributed by atoms with Gasteiger partial charge in [0.15, 0.2) is 0 Å². The Bertz CT molecular complexity index is 998. The number of carbonyl (C=O) groups excluding carboxylic acids is 1. The van der Waals surface area contributed by atoms with E-state index in [0.717, 1.165) is 16.9 Å². The van der Waals surface area contributed by atoms with Crippen molar-refractivity contribution >= 4 is 15.9 Å². The second-order valence-electron chi connectivity index (χ2n) is 7.98. The minimum atomic E-state index is -3.63. The first-order valence-electron chi connectivity index (χ1n) is 10.4. The van der Waals surface area contributed by atoms with Crippen LogP contribution in [0.5, 0.6) is 5.75 Å². The Balaban J connectivity index is 1.42. The van der Waals surface area contributed by atoms with Gasteiger partial charge in [-0.2, -0.15) is 0 Å². The summed E-state index contributed by atoms with van der Waals surface area (Å²) in [6.07, 6.45) is 0.889. The highest BCUT2D eigenvalue weighted by atomic mass is 32.2. The average molecular weight is 449 g/mol. The molecule has 1 fully saturated rings. The molecule has 0 atom stereocenters. The largest absolute Gasteiger partial charge is 0.492 e. The van der Waals surface area contributed by atoms with E-state index in [1.807, 2.05) is 26.0 Å². The number of benzene rings is 2. The number of carbonyl (C=O) groups is 1. The molecule has 0 bridgehead atoms. The van der Waals surface area contributed by atoms with Gasteiger partial charge >= 0.3 is 0 Å². The number of halogens is 1. The molecule has 3 rings (SSSR count). The number of ether oxygens (including phenoxy) is 1. The number of aryl methyl sites for hydroxylation is 2. The molecule has 168 valence electrons. The number of sulfonamides is 1. The smallest absolute Gasteiger partial charge is 0.223 e. The SMILES string of the molecule is Cc1cc(C)cc(OCCNC(=O)C2CCN(S(=O)(=O)Cc3ccccc3F)CC2)c1. The van der Waals surface area contributed by atoms with E-state index in [1.54, 1.807) is 6.07 Å². The molecule has 1 aliphatic rings. The number of amides is 1. The summed E-state index contributed by atoms with van der Waals surface area (Å²) in [6.45, 7) is 5.28. The van der Waals surface area contributed by atoms with Gasteiger partial charge in [0, 0.05) is 24.6 Å². The summed E-state index contributed by atoms with van der Waals surface area (Å²) in [5.74, 6) is -0.438. The van der Waals surface area contributed by atoms with Gasteiger partial charge in [0.1, 0.15) is 18.2 Å². The first-order valence-corrected chi connectivity index (χ1v) is 12.1. The zero-order chi connectivity index (χ0) is 22.4. The Kier molecular flexibility index (Phi) is 7.67. The molecule has 0 aromatic heterocycles. The summed E-state index contributed by atoms with van der Waals surface area (Å²) < 4.78 is 46.1. The molecular weight excluding hydrogens is 419 g/mol. The van der Waals surface area contributed by atoms with Crippen molar-refractivity contribution in [1.29, 1.82) is 0 Å². The summed E-state index contributed by atoms with van der Waals surface area (Å²) in [7, 11) is -3.63. The summed E-state index contributed by atoms with van der Waals surface area (Å²) >= 11 is 0. The van der Waals surface area contributed by atoms with Crippen LogP contribution in [0.2, 0.25) is 0 Å². The summed E-state index contributed by atoms with van der Waals surface area (Å²) in [5.41, 5.74) is 2.40. The van der Waals surface area contributed by atoms with Crippen molar-refractivity contribution < 1.29 is 22.3 Å². The van der Waals surface area contributed by atoms with Gasteiger partial charge in [-0.05, 0) is 56.0 Å². The van der Waals surface area contributed by atoms with Crippen LogP contribution in [0.4, 0.5) is 4.39 Å². The summed E-state index contributed by atoms with van der Waals surface area (Å²) in [5, 5.41) is 2.87. The third kappa shape index (κ3) is 6.51. The molecule has 0 unspecified atom stereocenters. The molecular formula is C23H29FN2O4S. The minimum Gasteiger partial charge on any atom is -0.492 e. The number of hydrogen-bond acceptors (Lipinski definition) is 4. The van der Waals surface area contributed by atoms with Crippen molar-refractivity contribution in [2.75, 3.05) is 26.2 Å². The number of rotatable bonds is 8. The molecule has 8 heteroatoms. The monoisotopic (exact) mass is 448 g/mol. The fourth-order valence-corrected chi connectivity index (χ4v) is 5.38. The zero-order valence-corrected chi connectivity index (χ0v) is 18.8. The second-order valence-corrected chi connectivity index (χ2v) is 9.95. The van der Waals surface area contributed by atoms with Crippen molar-refractivity contribution in [1.82, 2.24) is 9.62 Å². The maximum Gasteiger partial charge on any atom is 0.223 e. The highest BCUT2D eigenvalue weighted by Crippen LogP contribution is 2.22. The molecule has 1 saturated heterocycles. The molecule has 1 amide bonds. The van der Waals surface area contributed by atoms with Crippen LogP contribution in [-0.2, 0) is 20.6 Å². The van der Waals surface area contributed by atoms with Gasteiger partial charge in [-0.1, -0.05) is 24.3 Å². The van der Waals surface area contributed by atoms with E-state index in [1.165, 1.54) is 22.5 Å². The van der Waals surface area contributed by atoms with Crippen LogP contribution < -0.4 is 10.1 Å². The van der Waals surface area contributed by atoms with Gasteiger partial charge in [0.05, 0.1) is 12.3 Å². The number of nitrogens with zero attached hydrogens (tertiary/aromatic N) is 1. The van der Waals surface area contributed by atoms with E-state index in [4.69, 9.17) is 4.74 Å². The average Bonchev–Trinajstić information content (AvgIpc) is 2.72. The Labute approximate surface area is 183 Å². The van der Waals surface area contributed by atoms with Gasteiger partial charge in [0.2, 0.25) is 15.9 Å². The van der Waals surface area contributed by atoms with Crippen LogP contribution in [0, 0.1) is 25.6 Å². The van der Waals surface area contributed by atoms with Gasteiger partial charge < -0.3 is 10.1 Å². The van der Waals surface area contributed by atoms with Crippen LogP contribution in [0.25, 0.3) is 0 Å². The highest BCUT2D eigenvalue weighted by Gasteiger charge is 2.31. The Hall–Kier alpha value is -2.45. The lowest BCUT2D eigenvalue weighted by molar-refractivity contribution is -0.126. The quantitative estimate of drug-likeness (QED) is 0.630. The molecule has 2 aromatic carbocycles. The predicted octanol–water partition coefficient (Wildman–Crippen LogP) is 3.18. The number of hydrogen-bond donors (Lipinski definition) is 1. The van der Waals surface area contributed by atoms with E-state index >= 15 is 0 Å². The molecule has 0 aliphatic carbocycles. The van der Waals surface area contributed by atoms with E-state index in [2.05, 4.69) is 11.4 Å². The topological polar surface area (TPSA) is 75.7 Å². The van der Waals surface area contributed by atoms with Crippen LogP contribution in [0.3, 0.4) is 0 Å². The predicted molar refractivity (Wildman–Crippen MR) is 118 cm³/mol. The lowest BCUT2D eigenvalue weighted by Gasteiger charge is -2.30. The molecule has 0 saturated carbocycles. The standard InChI is InChI=1S/C23H29FN2O4S/c1-17-13-18(2)15-21(14-17)30-12-9-25-23(27)19-7-10-26(11-8-19)31(28,29)16-20-5-3-4-6-22(20)24/h3-6,13-15,19H,7-12,16H2,1-2H3,(H,25,27). The molecule has 1 N–H and O–H groups in total. The van der Waals surface area contributed by atoms with E-state index in [9.17, 15) is 17.6 Å². The zero-order valence-electron chi connectivity index (χ0n) is 17.9. The number of piperidine rings is 1. The molecule has 1 aliphatic heterocycles. The first-order chi connectivity index (χ1) is 14.7. The van der Waals surface area contributed by atoms with Gasteiger partial charge in [-0.15, -0.1) is 0 Å². The van der Waals surface area contributed by atoms with Gasteiger partial charge in [-0.25, -0.2) is 17.1 Å². The van der Waals surface area contributed by atoms with E-state index in [-0.39, 0.29) is 36.2 Å². The summed E-state index contributed by atoms with van der Waals surface area (Å²) in [4.78, 5) is 12.4. The normalized spacial score (nSPS) is 15.6. The van der Waals surface area contributed by atoms with Crippen LogP contribution in [0.1, 0.15) is 29.5 Å². The van der Waals surface area contributed by atoms with E-state index < -0.39 is 15.8 Å². The van der Waals surface area contributed by atoms with Gasteiger partial charge in [-0.3, -0.25) is 4.79 Å². The van der Waals surface area contributed by atoms with Gasteiger partial charge in [0.25, 0.3) is 0 Å². The Morgan fingerprint density at radius 1 is 1.13 bits per heavy atom. The first kappa shape index (κ1) is 23.2. The lowest BCUT2D eigenvalue weighted by atomic mass is 9.97. The van der Waals surface area contributed by atoms with Crippen molar-refractivity contribution in [3.05, 3.63) is 65.0 Å².